The van der Waals surface area contributed by atoms with Crippen molar-refractivity contribution < 1.29 is 15.0 Å². The molecule has 4 N–H and O–H groups in total. The van der Waals surface area contributed by atoms with E-state index in [1.807, 2.05) is 30.3 Å². The maximum Gasteiger partial charge on any atom is 0.271 e. The number of carbonyl (C=O) groups is 1. The number of nitrogens with zero attached hydrogens (tertiary/aromatic N) is 2. The molecule has 9 heteroatoms. The van der Waals surface area contributed by atoms with Gasteiger partial charge < -0.3 is 15.2 Å². The Kier molecular flexibility index (Phi) is 5.79. The number of aromatic nitrogens is 2. The number of aromatic amines is 1. The molecule has 0 aliphatic heterocycles. The number of hydrazone groups is 1. The van der Waals surface area contributed by atoms with Crippen LogP contribution in [0.15, 0.2) is 59.7 Å². The van der Waals surface area contributed by atoms with Crippen molar-refractivity contribution in [3.8, 4) is 11.5 Å². The molecule has 1 heterocycles. The van der Waals surface area contributed by atoms with Crippen LogP contribution in [0.2, 0.25) is 10.0 Å². The van der Waals surface area contributed by atoms with Gasteiger partial charge in [0.15, 0.2) is 5.75 Å². The van der Waals surface area contributed by atoms with E-state index in [1.165, 1.54) is 12.3 Å². The maximum atomic E-state index is 12.4. The highest BCUT2D eigenvalue weighted by molar-refractivity contribution is 6.38. The highest BCUT2D eigenvalue weighted by atomic mass is 35.5. The normalized spacial score (nSPS) is 11.3. The Bertz CT molecular complexity index is 1300. The summed E-state index contributed by atoms with van der Waals surface area (Å²) in [7, 11) is 0. The van der Waals surface area contributed by atoms with E-state index < -0.39 is 17.4 Å². The first-order chi connectivity index (χ1) is 14.9. The Morgan fingerprint density at radius 2 is 1.87 bits per heavy atom. The minimum Gasteiger partial charge on any atom is -0.506 e. The summed E-state index contributed by atoms with van der Waals surface area (Å²) >= 11 is 11.6. The molecular weight excluding hydrogens is 439 g/mol. The standard InChI is InChI=1S/C22H16Cl2N4O3/c23-15-9-14(20(29)19(24)21(15)30)11-25-28-22(31)13-6-7-16-17(10-13)27-18(26-16)8-12-4-2-1-3-5-12/h1-7,9-11,29-30H,8H2,(H,26,27)(H,28,31)/b25-11-. The van der Waals surface area contributed by atoms with E-state index in [2.05, 4.69) is 20.5 Å². The number of phenolic OH excluding ortho intramolecular Hbond substituents is 2. The topological polar surface area (TPSA) is 111 Å². The lowest BCUT2D eigenvalue weighted by Gasteiger charge is -2.05. The van der Waals surface area contributed by atoms with Crippen molar-refractivity contribution in [1.29, 1.82) is 0 Å². The molecule has 4 rings (SSSR count). The van der Waals surface area contributed by atoms with Gasteiger partial charge in [-0.15, -0.1) is 0 Å². The summed E-state index contributed by atoms with van der Waals surface area (Å²) in [5, 5.41) is 23.0. The van der Waals surface area contributed by atoms with Gasteiger partial charge in [-0.05, 0) is 29.8 Å². The monoisotopic (exact) mass is 454 g/mol. The Labute approximate surface area is 187 Å². The first-order valence-electron chi connectivity index (χ1n) is 9.18. The molecule has 0 saturated carbocycles. The average molecular weight is 455 g/mol. The lowest BCUT2D eigenvalue weighted by atomic mass is 10.1. The van der Waals surface area contributed by atoms with Gasteiger partial charge in [-0.2, -0.15) is 5.10 Å². The van der Waals surface area contributed by atoms with Gasteiger partial charge in [0.2, 0.25) is 0 Å². The Morgan fingerprint density at radius 1 is 1.10 bits per heavy atom. The van der Waals surface area contributed by atoms with E-state index in [0.717, 1.165) is 22.4 Å². The molecule has 0 atom stereocenters. The van der Waals surface area contributed by atoms with Gasteiger partial charge in [0.25, 0.3) is 5.91 Å². The number of benzene rings is 3. The zero-order valence-electron chi connectivity index (χ0n) is 15.9. The second-order valence-corrected chi connectivity index (χ2v) is 7.52. The maximum absolute atomic E-state index is 12.4. The highest BCUT2D eigenvalue weighted by Gasteiger charge is 2.14. The fourth-order valence-corrected chi connectivity index (χ4v) is 3.49. The number of rotatable bonds is 5. The number of carbonyl (C=O) groups excluding carboxylic acids is 1. The molecule has 31 heavy (non-hydrogen) atoms. The lowest BCUT2D eigenvalue weighted by Crippen LogP contribution is -2.17. The van der Waals surface area contributed by atoms with Crippen LogP contribution < -0.4 is 5.43 Å². The first kappa shape index (κ1) is 20.7. The van der Waals surface area contributed by atoms with Gasteiger partial charge in [-0.1, -0.05) is 53.5 Å². The Balaban J connectivity index is 1.48. The lowest BCUT2D eigenvalue weighted by molar-refractivity contribution is 0.0955. The molecule has 3 aromatic carbocycles. The Morgan fingerprint density at radius 3 is 2.65 bits per heavy atom. The van der Waals surface area contributed by atoms with E-state index in [1.54, 1.807) is 18.2 Å². The number of phenols is 2. The third kappa shape index (κ3) is 4.47. The second kappa shape index (κ2) is 8.67. The predicted molar refractivity (Wildman–Crippen MR) is 120 cm³/mol. The highest BCUT2D eigenvalue weighted by Crippen LogP contribution is 2.40. The van der Waals surface area contributed by atoms with Crippen LogP contribution in [-0.4, -0.2) is 32.3 Å². The number of aromatic hydroxyl groups is 2. The van der Waals surface area contributed by atoms with Crippen molar-refractivity contribution in [2.24, 2.45) is 5.10 Å². The molecule has 0 fully saturated rings. The van der Waals surface area contributed by atoms with Crippen molar-refractivity contribution in [2.45, 2.75) is 6.42 Å². The quantitative estimate of drug-likeness (QED) is 0.260. The van der Waals surface area contributed by atoms with Crippen molar-refractivity contribution in [1.82, 2.24) is 15.4 Å². The number of nitrogens with one attached hydrogen (secondary N) is 2. The van der Waals surface area contributed by atoms with E-state index in [4.69, 9.17) is 23.2 Å². The predicted octanol–water partition coefficient (Wildman–Crippen LogP) is 4.64. The number of H-pyrrole nitrogens is 1. The third-order valence-corrected chi connectivity index (χ3v) is 5.22. The van der Waals surface area contributed by atoms with E-state index in [0.29, 0.717) is 12.0 Å². The molecule has 0 unspecified atom stereocenters. The van der Waals surface area contributed by atoms with E-state index in [9.17, 15) is 15.0 Å². The molecule has 1 aromatic heterocycles. The average Bonchev–Trinajstić information content (AvgIpc) is 3.17. The number of fused-ring (bicyclic) bond motifs is 1. The molecule has 0 radical (unpaired) electrons. The van der Waals surface area contributed by atoms with Crippen molar-refractivity contribution in [2.75, 3.05) is 0 Å². The van der Waals surface area contributed by atoms with Crippen LogP contribution in [0.4, 0.5) is 0 Å². The van der Waals surface area contributed by atoms with Crippen molar-refractivity contribution in [3.63, 3.8) is 0 Å². The fraction of sp³-hybridized carbons (Fsp3) is 0.0455. The van der Waals surface area contributed by atoms with Gasteiger partial charge in [-0.3, -0.25) is 4.79 Å². The number of halogens is 2. The first-order valence-corrected chi connectivity index (χ1v) is 9.94. The van der Waals surface area contributed by atoms with Crippen molar-refractivity contribution in [3.05, 3.63) is 87.2 Å². The van der Waals surface area contributed by atoms with Crippen LogP contribution in [0.25, 0.3) is 11.0 Å². The number of imidazole rings is 1. The number of hydrogen-bond acceptors (Lipinski definition) is 5. The molecule has 4 aromatic rings. The van der Waals surface area contributed by atoms with Gasteiger partial charge in [0, 0.05) is 17.5 Å². The molecule has 0 aliphatic rings. The van der Waals surface area contributed by atoms with Gasteiger partial charge in [-0.25, -0.2) is 10.4 Å². The summed E-state index contributed by atoms with van der Waals surface area (Å²) in [5.41, 5.74) is 5.52. The van der Waals surface area contributed by atoms with Gasteiger partial charge in [0.05, 0.1) is 22.3 Å². The van der Waals surface area contributed by atoms with Crippen LogP contribution >= 0.6 is 23.2 Å². The van der Waals surface area contributed by atoms with Crippen LogP contribution in [0, 0.1) is 0 Å². The zero-order valence-corrected chi connectivity index (χ0v) is 17.4. The summed E-state index contributed by atoms with van der Waals surface area (Å²) in [4.78, 5) is 20.2. The third-order valence-electron chi connectivity index (χ3n) is 4.57. The SMILES string of the molecule is O=C(N/N=C\c1cc(Cl)c(O)c(Cl)c1O)c1ccc2nc(Cc3ccccc3)[nH]c2c1. The molecule has 0 spiro atoms. The summed E-state index contributed by atoms with van der Waals surface area (Å²) in [5.74, 6) is -0.478. The van der Waals surface area contributed by atoms with Crippen LogP contribution in [-0.2, 0) is 6.42 Å². The molecule has 7 nitrogen and oxygen atoms in total. The van der Waals surface area contributed by atoms with Crippen molar-refractivity contribution >= 4 is 46.4 Å². The number of hydrogen-bond donors (Lipinski definition) is 4. The molecule has 1 amide bonds. The van der Waals surface area contributed by atoms with Crippen LogP contribution in [0.1, 0.15) is 27.3 Å². The minimum absolute atomic E-state index is 0.0495. The largest absolute Gasteiger partial charge is 0.506 e. The van der Waals surface area contributed by atoms with Gasteiger partial charge >= 0.3 is 0 Å². The smallest absolute Gasteiger partial charge is 0.271 e. The molecule has 0 bridgehead atoms. The summed E-state index contributed by atoms with van der Waals surface area (Å²) < 4.78 is 0. The zero-order chi connectivity index (χ0) is 22.0. The molecule has 0 saturated heterocycles. The van der Waals surface area contributed by atoms with E-state index >= 15 is 0 Å². The molecular formula is C22H16Cl2N4O3. The summed E-state index contributed by atoms with van der Waals surface area (Å²) in [6, 6.07) is 16.3. The summed E-state index contributed by atoms with van der Waals surface area (Å²) in [6.45, 7) is 0. The Hall–Kier alpha value is -3.55. The molecule has 0 aliphatic carbocycles. The van der Waals surface area contributed by atoms with Gasteiger partial charge in [0.1, 0.15) is 16.6 Å². The van der Waals surface area contributed by atoms with Crippen LogP contribution in [0.5, 0.6) is 11.5 Å². The molecule has 156 valence electrons. The fourth-order valence-electron chi connectivity index (χ4n) is 3.02. The summed E-state index contributed by atoms with van der Waals surface area (Å²) in [6.07, 6.45) is 1.83. The van der Waals surface area contributed by atoms with Crippen LogP contribution in [0.3, 0.4) is 0 Å². The van der Waals surface area contributed by atoms with E-state index in [-0.39, 0.29) is 15.6 Å². The minimum atomic E-state index is -0.451. The number of amides is 1. The second-order valence-electron chi connectivity index (χ2n) is 6.74.